The van der Waals surface area contributed by atoms with Crippen molar-refractivity contribution in [3.63, 3.8) is 0 Å². The number of anilines is 2. The van der Waals surface area contributed by atoms with E-state index in [1.54, 1.807) is 6.20 Å². The number of thiophene rings is 1. The molecule has 0 bridgehead atoms. The lowest BCUT2D eigenvalue weighted by Crippen LogP contribution is -2.46. The molecule has 224 valence electrons. The van der Waals surface area contributed by atoms with Crippen LogP contribution in [-0.4, -0.2) is 70.7 Å². The summed E-state index contributed by atoms with van der Waals surface area (Å²) in [5.74, 6) is -0.0958. The molecule has 0 unspecified atom stereocenters. The number of Topliss-reactive ketones (excluding diaryl/α,β-unsaturated/α-hetero) is 2. The first-order chi connectivity index (χ1) is 20.0. The molecule has 0 spiro atoms. The topological polar surface area (TPSA) is 205 Å². The monoisotopic (exact) mass is 615 g/mol. The van der Waals surface area contributed by atoms with Crippen LogP contribution < -0.4 is 41.6 Å². The van der Waals surface area contributed by atoms with Crippen molar-refractivity contribution in [2.24, 2.45) is 17.2 Å². The van der Waals surface area contributed by atoms with Gasteiger partial charge in [-0.2, -0.15) is 0 Å². The number of likely N-dealkylation sites (N-methyl/N-ethyl adjacent to an activating group) is 1. The van der Waals surface area contributed by atoms with E-state index >= 15 is 0 Å². The minimum atomic E-state index is -4.25. The number of carbonyl (C=O) groups is 2. The molecule has 2 aliphatic heterocycles. The maximum absolute atomic E-state index is 13.7. The first-order valence-corrected chi connectivity index (χ1v) is 15.7. The molecule has 0 saturated heterocycles. The van der Waals surface area contributed by atoms with Gasteiger partial charge in [0.1, 0.15) is 28.4 Å². The van der Waals surface area contributed by atoms with Crippen LogP contribution in [0.25, 0.3) is 11.1 Å². The minimum Gasteiger partial charge on any atom is -0.492 e. The summed E-state index contributed by atoms with van der Waals surface area (Å²) in [6.07, 6.45) is 2.21. The maximum atomic E-state index is 13.7. The first kappa shape index (κ1) is 29.9. The van der Waals surface area contributed by atoms with Gasteiger partial charge in [-0.05, 0) is 60.2 Å². The molecule has 1 aromatic carbocycles. The van der Waals surface area contributed by atoms with Gasteiger partial charge in [-0.3, -0.25) is 19.6 Å². The van der Waals surface area contributed by atoms with Gasteiger partial charge in [0, 0.05) is 25.2 Å². The number of sulfonamides is 1. The third kappa shape index (κ3) is 6.25. The normalized spacial score (nSPS) is 15.0. The number of ketones is 2. The summed E-state index contributed by atoms with van der Waals surface area (Å²) in [5, 5.41) is 4.33. The second kappa shape index (κ2) is 12.3. The van der Waals surface area contributed by atoms with E-state index in [-0.39, 0.29) is 27.6 Å². The Bertz CT molecular complexity index is 1610. The Morgan fingerprint density at radius 2 is 1.95 bits per heavy atom. The molecule has 13 nitrogen and oxygen atoms in total. The van der Waals surface area contributed by atoms with Gasteiger partial charge in [0.15, 0.2) is 11.6 Å². The number of rotatable bonds is 12. The number of pyridine rings is 1. The fourth-order valence-corrected chi connectivity index (χ4v) is 6.94. The lowest BCUT2D eigenvalue weighted by molar-refractivity contribution is -0.116. The standard InChI is InChI=1S/C27H33N7O6S2/c1-34-7-9-39-20-12-17(14-32-26(20)34)16-11-15-4-8-40-24(15)21(13-16)42(37,38)33-19-5-10-41-25(19)23(36)22(35)18(28)3-2-6-31-27(29)30/h5,10-14,18,27,31,33H,2-4,6-9,28-30H2,1H3/t18-/m0/s1. The van der Waals surface area contributed by atoms with Gasteiger partial charge < -0.3 is 31.6 Å². The summed E-state index contributed by atoms with van der Waals surface area (Å²) in [6, 6.07) is 5.62. The van der Waals surface area contributed by atoms with Crippen molar-refractivity contribution in [1.29, 1.82) is 0 Å². The highest BCUT2D eigenvalue weighted by Gasteiger charge is 2.31. The van der Waals surface area contributed by atoms with E-state index < -0.39 is 33.9 Å². The van der Waals surface area contributed by atoms with Crippen LogP contribution in [0.4, 0.5) is 11.5 Å². The highest BCUT2D eigenvalue weighted by molar-refractivity contribution is 7.92. The highest BCUT2D eigenvalue weighted by Crippen LogP contribution is 2.40. The highest BCUT2D eigenvalue weighted by atomic mass is 32.2. The van der Waals surface area contributed by atoms with Gasteiger partial charge in [0.05, 0.1) is 24.9 Å². The summed E-state index contributed by atoms with van der Waals surface area (Å²) in [6.45, 7) is 1.99. The van der Waals surface area contributed by atoms with Gasteiger partial charge in [0.25, 0.3) is 10.0 Å². The molecule has 8 N–H and O–H groups in total. The fraction of sp³-hybridized carbons (Fsp3) is 0.370. The Labute approximate surface area is 247 Å². The van der Waals surface area contributed by atoms with Gasteiger partial charge in [-0.15, -0.1) is 11.3 Å². The number of hydrogen-bond acceptors (Lipinski definition) is 13. The van der Waals surface area contributed by atoms with E-state index in [4.69, 9.17) is 26.7 Å². The zero-order valence-electron chi connectivity index (χ0n) is 23.0. The first-order valence-electron chi connectivity index (χ1n) is 13.4. The number of fused-ring (bicyclic) bond motifs is 2. The van der Waals surface area contributed by atoms with Crippen LogP contribution in [0.2, 0.25) is 0 Å². The number of benzene rings is 1. The van der Waals surface area contributed by atoms with E-state index in [9.17, 15) is 18.0 Å². The second-order valence-electron chi connectivity index (χ2n) is 10.1. The van der Waals surface area contributed by atoms with Crippen LogP contribution in [-0.2, 0) is 21.2 Å². The lowest BCUT2D eigenvalue weighted by atomic mass is 10.0. The predicted molar refractivity (Wildman–Crippen MR) is 159 cm³/mol. The molecule has 0 radical (unpaired) electrons. The van der Waals surface area contributed by atoms with E-state index in [2.05, 4.69) is 15.0 Å². The molecular weight excluding hydrogens is 582 g/mol. The Balaban J connectivity index is 1.39. The third-order valence-electron chi connectivity index (χ3n) is 7.00. The smallest absolute Gasteiger partial charge is 0.265 e. The third-order valence-corrected chi connectivity index (χ3v) is 9.28. The predicted octanol–water partition coefficient (Wildman–Crippen LogP) is 1.02. The van der Waals surface area contributed by atoms with Crippen LogP contribution in [0, 0.1) is 0 Å². The van der Waals surface area contributed by atoms with Gasteiger partial charge in [0.2, 0.25) is 11.6 Å². The van der Waals surface area contributed by atoms with Crippen molar-refractivity contribution >= 4 is 44.4 Å². The van der Waals surface area contributed by atoms with E-state index in [0.29, 0.717) is 55.3 Å². The van der Waals surface area contributed by atoms with Crippen molar-refractivity contribution in [2.45, 2.75) is 36.5 Å². The van der Waals surface area contributed by atoms with Crippen molar-refractivity contribution in [3.8, 4) is 22.6 Å². The summed E-state index contributed by atoms with van der Waals surface area (Å²) >= 11 is 0.955. The van der Waals surface area contributed by atoms with E-state index in [1.165, 1.54) is 17.5 Å². The molecular formula is C27H33N7O6S2. The van der Waals surface area contributed by atoms with Crippen LogP contribution in [0.3, 0.4) is 0 Å². The van der Waals surface area contributed by atoms with Crippen molar-refractivity contribution in [1.82, 2.24) is 10.3 Å². The van der Waals surface area contributed by atoms with Crippen LogP contribution in [0.15, 0.2) is 40.7 Å². The molecule has 0 amide bonds. The number of carbonyl (C=O) groups excluding carboxylic acids is 2. The van der Waals surface area contributed by atoms with Gasteiger partial charge in [-0.1, -0.05) is 0 Å². The van der Waals surface area contributed by atoms with Crippen molar-refractivity contribution < 1.29 is 27.5 Å². The van der Waals surface area contributed by atoms with Crippen LogP contribution in [0.1, 0.15) is 28.1 Å². The molecule has 0 saturated carbocycles. The summed E-state index contributed by atoms with van der Waals surface area (Å²) in [7, 11) is -2.32. The van der Waals surface area contributed by atoms with Crippen LogP contribution >= 0.6 is 11.3 Å². The average Bonchev–Trinajstić information content (AvgIpc) is 3.63. The number of nitrogens with one attached hydrogen (secondary N) is 2. The number of nitrogens with two attached hydrogens (primary N) is 3. The molecule has 2 aromatic heterocycles. The average molecular weight is 616 g/mol. The SMILES string of the molecule is CN1CCOc2cc(-c3cc4c(c(S(=O)(=O)Nc5ccsc5C(=O)C(=O)[C@@H](N)CCCNC(N)N)c3)OCC4)cnc21. The molecule has 0 aliphatic carbocycles. The minimum absolute atomic E-state index is 0.00893. The van der Waals surface area contributed by atoms with Gasteiger partial charge >= 0.3 is 0 Å². The Hall–Kier alpha value is -3.60. The lowest BCUT2D eigenvalue weighted by Gasteiger charge is -2.26. The van der Waals surface area contributed by atoms with E-state index in [1.807, 2.05) is 24.1 Å². The summed E-state index contributed by atoms with van der Waals surface area (Å²) < 4.78 is 41.5. The molecule has 15 heteroatoms. The zero-order valence-corrected chi connectivity index (χ0v) is 24.6. The molecule has 3 aromatic rings. The van der Waals surface area contributed by atoms with Gasteiger partial charge in [-0.25, -0.2) is 13.4 Å². The Kier molecular flexibility index (Phi) is 8.77. The Morgan fingerprint density at radius 3 is 2.74 bits per heavy atom. The number of aromatic nitrogens is 1. The van der Waals surface area contributed by atoms with E-state index in [0.717, 1.165) is 23.4 Å². The molecule has 2 aliphatic rings. The summed E-state index contributed by atoms with van der Waals surface area (Å²) in [5.41, 5.74) is 18.9. The number of hydrogen-bond donors (Lipinski definition) is 5. The quantitative estimate of drug-likeness (QED) is 0.0838. The molecule has 4 heterocycles. The second-order valence-corrected chi connectivity index (χ2v) is 12.6. The van der Waals surface area contributed by atoms with Crippen LogP contribution in [0.5, 0.6) is 11.5 Å². The molecule has 5 rings (SSSR count). The number of nitrogens with zero attached hydrogens (tertiary/aromatic N) is 2. The van der Waals surface area contributed by atoms with Crippen molar-refractivity contribution in [3.05, 3.63) is 46.3 Å². The maximum Gasteiger partial charge on any atom is 0.265 e. The molecule has 42 heavy (non-hydrogen) atoms. The summed E-state index contributed by atoms with van der Waals surface area (Å²) in [4.78, 5) is 32.2. The largest absolute Gasteiger partial charge is 0.492 e. The number of ether oxygens (including phenoxy) is 2. The fourth-order valence-electron chi connectivity index (χ4n) is 4.79. The van der Waals surface area contributed by atoms with Crippen molar-refractivity contribution in [2.75, 3.05) is 43.0 Å². The Morgan fingerprint density at radius 1 is 1.14 bits per heavy atom. The molecule has 0 fully saturated rings. The molecule has 1 atom stereocenters. The zero-order chi connectivity index (χ0) is 30.0.